The molecule has 2 aromatic heterocycles. The number of H-pyrrole nitrogens is 1. The van der Waals surface area contributed by atoms with Crippen LogP contribution in [0.3, 0.4) is 0 Å². The summed E-state index contributed by atoms with van der Waals surface area (Å²) in [5.41, 5.74) is 3.80. The lowest BCUT2D eigenvalue weighted by Crippen LogP contribution is -2.38. The molecule has 1 amide bonds. The number of imidazole rings is 1. The maximum Gasteiger partial charge on any atom is 0.253 e. The molecule has 8 nitrogen and oxygen atoms in total. The molecule has 8 heteroatoms. The van der Waals surface area contributed by atoms with Crippen molar-refractivity contribution in [1.82, 2.24) is 25.2 Å². The predicted octanol–water partition coefficient (Wildman–Crippen LogP) is 2.51. The lowest BCUT2D eigenvalue weighted by Gasteiger charge is -2.26. The van der Waals surface area contributed by atoms with E-state index in [0.717, 1.165) is 63.5 Å². The first-order chi connectivity index (χ1) is 16.7. The zero-order valence-corrected chi connectivity index (χ0v) is 19.0. The van der Waals surface area contributed by atoms with Crippen molar-refractivity contribution in [2.24, 2.45) is 11.8 Å². The van der Waals surface area contributed by atoms with E-state index in [9.17, 15) is 4.79 Å². The van der Waals surface area contributed by atoms with Crippen molar-refractivity contribution in [1.29, 1.82) is 0 Å². The summed E-state index contributed by atoms with van der Waals surface area (Å²) in [7, 11) is 0. The number of anilines is 1. The normalized spacial score (nSPS) is 23.6. The molecule has 2 fully saturated rings. The Morgan fingerprint density at radius 3 is 2.76 bits per heavy atom. The number of carbonyl (C=O) groups is 1. The van der Waals surface area contributed by atoms with Gasteiger partial charge >= 0.3 is 0 Å². The van der Waals surface area contributed by atoms with E-state index in [1.807, 2.05) is 12.1 Å². The summed E-state index contributed by atoms with van der Waals surface area (Å²) in [5.74, 6) is 7.81. The lowest BCUT2D eigenvalue weighted by atomic mass is 10.0. The number of pyridine rings is 1. The van der Waals surface area contributed by atoms with Gasteiger partial charge in [0.15, 0.2) is 5.65 Å². The Morgan fingerprint density at radius 2 is 2.00 bits per heavy atom. The van der Waals surface area contributed by atoms with E-state index >= 15 is 0 Å². The Hall–Kier alpha value is -3.41. The zero-order valence-electron chi connectivity index (χ0n) is 19.0. The highest BCUT2D eigenvalue weighted by molar-refractivity contribution is 6.04. The molecule has 34 heavy (non-hydrogen) atoms. The predicted molar refractivity (Wildman–Crippen MR) is 130 cm³/mol. The van der Waals surface area contributed by atoms with Crippen molar-refractivity contribution in [2.75, 3.05) is 44.7 Å². The zero-order chi connectivity index (χ0) is 22.9. The first kappa shape index (κ1) is 21.1. The summed E-state index contributed by atoms with van der Waals surface area (Å²) in [4.78, 5) is 27.8. The number of aromatic nitrogens is 3. The summed E-state index contributed by atoms with van der Waals surface area (Å²) in [6.45, 7) is 5.52. The number of morpholine rings is 1. The van der Waals surface area contributed by atoms with Crippen LogP contribution in [0, 0.1) is 23.7 Å². The molecular formula is C26H28N6O2. The number of rotatable bonds is 7. The molecule has 3 aromatic rings. The topological polar surface area (TPSA) is 95.2 Å². The molecule has 1 saturated heterocycles. The second kappa shape index (κ2) is 9.09. The first-order valence-electron chi connectivity index (χ1n) is 12.0. The monoisotopic (exact) mass is 456 g/mol. The average Bonchev–Trinajstić information content (AvgIpc) is 3.60. The van der Waals surface area contributed by atoms with Crippen LogP contribution in [0.4, 0.5) is 5.69 Å². The second-order valence-electron chi connectivity index (χ2n) is 9.24. The Labute approximate surface area is 198 Å². The van der Waals surface area contributed by atoms with Crippen molar-refractivity contribution >= 4 is 22.8 Å². The third-order valence-electron chi connectivity index (χ3n) is 7.01. The summed E-state index contributed by atoms with van der Waals surface area (Å²) < 4.78 is 5.40. The number of nitrogens with zero attached hydrogens (tertiary/aromatic N) is 3. The van der Waals surface area contributed by atoms with Gasteiger partial charge in [0.1, 0.15) is 5.82 Å². The fourth-order valence-electron chi connectivity index (χ4n) is 5.11. The largest absolute Gasteiger partial charge is 0.384 e. The van der Waals surface area contributed by atoms with Crippen LogP contribution in [0.15, 0.2) is 36.5 Å². The minimum atomic E-state index is -0.0956. The second-order valence-corrected chi connectivity index (χ2v) is 9.24. The number of benzene rings is 1. The molecule has 0 spiro atoms. The van der Waals surface area contributed by atoms with Crippen LogP contribution in [0.1, 0.15) is 23.2 Å². The summed E-state index contributed by atoms with van der Waals surface area (Å²) in [5, 5.41) is 6.66. The Bertz CT molecular complexity index is 1250. The van der Waals surface area contributed by atoms with Crippen LogP contribution in [0.25, 0.3) is 22.6 Å². The summed E-state index contributed by atoms with van der Waals surface area (Å²) >= 11 is 0. The van der Waals surface area contributed by atoms with Crippen LogP contribution in [-0.4, -0.2) is 71.2 Å². The molecule has 1 aliphatic heterocycles. The van der Waals surface area contributed by atoms with E-state index in [1.54, 1.807) is 12.3 Å². The van der Waals surface area contributed by atoms with Gasteiger partial charge in [0.05, 0.1) is 24.3 Å². The summed E-state index contributed by atoms with van der Waals surface area (Å²) in [6.07, 6.45) is 3.63. The number of carbonyl (C=O) groups excluding carboxylic acids is 1. The molecule has 3 unspecified atom stereocenters. The fraction of sp³-hybridized carbons (Fsp3) is 0.423. The van der Waals surface area contributed by atoms with Gasteiger partial charge in [-0.05, 0) is 43.2 Å². The van der Waals surface area contributed by atoms with Crippen molar-refractivity contribution < 1.29 is 9.53 Å². The van der Waals surface area contributed by atoms with E-state index in [1.165, 1.54) is 0 Å². The number of amides is 1. The third kappa shape index (κ3) is 4.25. The Kier molecular flexibility index (Phi) is 5.65. The minimum absolute atomic E-state index is 0.0956. The SMILES string of the molecule is O=C(NC1CC2C#CC1C2)c1ccnc2nc(-c3ccc(NCCN4CCOCC4)cc3)[nH]c12. The maximum atomic E-state index is 13.0. The summed E-state index contributed by atoms with van der Waals surface area (Å²) in [6, 6.07) is 10.1. The molecule has 6 rings (SSSR count). The first-order valence-corrected chi connectivity index (χ1v) is 12.0. The highest BCUT2D eigenvalue weighted by atomic mass is 16.5. The van der Waals surface area contributed by atoms with Gasteiger partial charge in [-0.2, -0.15) is 0 Å². The van der Waals surface area contributed by atoms with Gasteiger partial charge in [-0.25, -0.2) is 9.97 Å². The van der Waals surface area contributed by atoms with E-state index in [2.05, 4.69) is 54.5 Å². The molecule has 1 aromatic carbocycles. The van der Waals surface area contributed by atoms with Crippen LogP contribution in [0.2, 0.25) is 0 Å². The third-order valence-corrected chi connectivity index (χ3v) is 7.01. The van der Waals surface area contributed by atoms with E-state index in [0.29, 0.717) is 28.5 Å². The van der Waals surface area contributed by atoms with Crippen molar-refractivity contribution in [2.45, 2.75) is 18.9 Å². The molecule has 3 N–H and O–H groups in total. The Balaban J connectivity index is 1.13. The molecule has 2 bridgehead atoms. The van der Waals surface area contributed by atoms with Gasteiger partial charge in [0.2, 0.25) is 0 Å². The Morgan fingerprint density at radius 1 is 1.15 bits per heavy atom. The maximum absolute atomic E-state index is 13.0. The number of aromatic amines is 1. The highest BCUT2D eigenvalue weighted by Crippen LogP contribution is 2.35. The smallest absolute Gasteiger partial charge is 0.253 e. The minimum Gasteiger partial charge on any atom is -0.384 e. The van der Waals surface area contributed by atoms with Gasteiger partial charge in [-0.1, -0.05) is 11.8 Å². The number of ether oxygens (including phenoxy) is 1. The molecule has 3 heterocycles. The molecule has 1 saturated carbocycles. The molecule has 3 aliphatic rings. The van der Waals surface area contributed by atoms with Gasteiger partial charge < -0.3 is 20.4 Å². The van der Waals surface area contributed by atoms with E-state index < -0.39 is 0 Å². The number of hydrogen-bond acceptors (Lipinski definition) is 6. The van der Waals surface area contributed by atoms with Gasteiger partial charge in [-0.3, -0.25) is 9.69 Å². The quantitative estimate of drug-likeness (QED) is 0.473. The van der Waals surface area contributed by atoms with Crippen molar-refractivity contribution in [3.8, 4) is 23.2 Å². The van der Waals surface area contributed by atoms with Crippen LogP contribution in [-0.2, 0) is 4.74 Å². The molecule has 2 aliphatic carbocycles. The molecular weight excluding hydrogens is 428 g/mol. The molecule has 174 valence electrons. The van der Waals surface area contributed by atoms with Crippen LogP contribution < -0.4 is 10.6 Å². The number of hydrogen-bond donors (Lipinski definition) is 3. The number of nitrogens with one attached hydrogen (secondary N) is 3. The van der Waals surface area contributed by atoms with E-state index in [-0.39, 0.29) is 17.9 Å². The number of fused-ring (bicyclic) bond motifs is 3. The fourth-order valence-corrected chi connectivity index (χ4v) is 5.11. The molecule has 0 radical (unpaired) electrons. The standard InChI is InChI=1S/C26H28N6O2/c33-26(29-22-16-17-1-2-19(22)15-17)21-7-8-28-25-23(21)30-24(31-25)18-3-5-20(6-4-18)27-9-10-32-11-13-34-14-12-32/h3-8,17,19,22,27H,9-16H2,(H,29,33)(H,28,30,31). The van der Waals surface area contributed by atoms with Crippen LogP contribution in [0.5, 0.6) is 0 Å². The van der Waals surface area contributed by atoms with Gasteiger partial charge in [-0.15, -0.1) is 0 Å². The van der Waals surface area contributed by atoms with Crippen molar-refractivity contribution in [3.05, 3.63) is 42.1 Å². The highest BCUT2D eigenvalue weighted by Gasteiger charge is 2.37. The van der Waals surface area contributed by atoms with Gasteiger partial charge in [0.25, 0.3) is 5.91 Å². The average molecular weight is 457 g/mol. The molecule has 3 atom stereocenters. The van der Waals surface area contributed by atoms with E-state index in [4.69, 9.17) is 4.74 Å². The van der Waals surface area contributed by atoms with Gasteiger partial charge in [0, 0.05) is 61.5 Å². The lowest BCUT2D eigenvalue weighted by molar-refractivity contribution is 0.0398. The van der Waals surface area contributed by atoms with Crippen LogP contribution >= 0.6 is 0 Å². The van der Waals surface area contributed by atoms with Crippen molar-refractivity contribution in [3.63, 3.8) is 0 Å².